The Morgan fingerprint density at radius 3 is 2.80 bits per heavy atom. The maximum atomic E-state index is 5.39. The lowest BCUT2D eigenvalue weighted by Gasteiger charge is -2.19. The fraction of sp³-hybridized carbons (Fsp3) is 0.500. The molecule has 0 aliphatic carbocycles. The zero-order chi connectivity index (χ0) is 11.1. The van der Waals surface area contributed by atoms with Crippen molar-refractivity contribution in [1.82, 2.24) is 0 Å². The summed E-state index contributed by atoms with van der Waals surface area (Å²) in [7, 11) is 2.08. The van der Waals surface area contributed by atoms with Gasteiger partial charge >= 0.3 is 0 Å². The van der Waals surface area contributed by atoms with E-state index in [9.17, 15) is 0 Å². The number of hydrogen-bond acceptors (Lipinski definition) is 3. The predicted molar refractivity (Wildman–Crippen MR) is 69.1 cm³/mol. The second kappa shape index (κ2) is 6.75. The number of rotatable bonds is 6. The smallest absolute Gasteiger partial charge is 0.0641 e. The Morgan fingerprint density at radius 2 is 2.13 bits per heavy atom. The van der Waals surface area contributed by atoms with Crippen LogP contribution >= 0.6 is 12.6 Å². The van der Waals surface area contributed by atoms with Crippen molar-refractivity contribution >= 4 is 18.3 Å². The van der Waals surface area contributed by atoms with E-state index in [0.29, 0.717) is 0 Å². The van der Waals surface area contributed by atoms with Crippen LogP contribution < -0.4 is 4.90 Å². The van der Waals surface area contributed by atoms with Crippen molar-refractivity contribution in [3.8, 4) is 0 Å². The second-order valence-electron chi connectivity index (χ2n) is 3.60. The Balaban J connectivity index is 2.36. The van der Waals surface area contributed by atoms with Crippen molar-refractivity contribution < 1.29 is 4.74 Å². The molecule has 0 aliphatic rings. The molecule has 0 spiro atoms. The van der Waals surface area contributed by atoms with Gasteiger partial charge in [0.25, 0.3) is 0 Å². The molecule has 0 atom stereocenters. The lowest BCUT2D eigenvalue weighted by molar-refractivity contribution is 0.157. The highest BCUT2D eigenvalue weighted by molar-refractivity contribution is 7.80. The highest BCUT2D eigenvalue weighted by Gasteiger charge is 1.99. The van der Waals surface area contributed by atoms with Gasteiger partial charge in [0, 0.05) is 25.0 Å². The largest absolute Gasteiger partial charge is 0.379 e. The zero-order valence-electron chi connectivity index (χ0n) is 9.44. The first kappa shape index (κ1) is 12.4. The Labute approximate surface area is 97.6 Å². The third-order valence-corrected chi connectivity index (χ3v) is 2.43. The van der Waals surface area contributed by atoms with E-state index in [1.165, 1.54) is 11.3 Å². The molecule has 0 amide bonds. The van der Waals surface area contributed by atoms with Gasteiger partial charge < -0.3 is 9.64 Å². The van der Waals surface area contributed by atoms with E-state index >= 15 is 0 Å². The summed E-state index contributed by atoms with van der Waals surface area (Å²) in [5.74, 6) is 0.786. The standard InChI is InChI=1S/C12H19NOS/c1-11-4-3-5-12(10-11)13(2)6-7-14-8-9-15/h3-5,10,15H,6-9H2,1-2H3. The molecule has 0 N–H and O–H groups in total. The first-order valence-corrected chi connectivity index (χ1v) is 5.83. The minimum atomic E-state index is 0.727. The summed E-state index contributed by atoms with van der Waals surface area (Å²) in [5.41, 5.74) is 2.53. The number of hydrogen-bond donors (Lipinski definition) is 1. The Hall–Kier alpha value is -0.670. The average molecular weight is 225 g/mol. The summed E-state index contributed by atoms with van der Waals surface area (Å²) < 4.78 is 5.39. The number of anilines is 1. The van der Waals surface area contributed by atoms with E-state index in [4.69, 9.17) is 4.74 Å². The van der Waals surface area contributed by atoms with Gasteiger partial charge in [0.05, 0.1) is 13.2 Å². The predicted octanol–water partition coefficient (Wildman–Crippen LogP) is 2.38. The van der Waals surface area contributed by atoms with Crippen LogP contribution in [-0.4, -0.2) is 32.6 Å². The Morgan fingerprint density at radius 1 is 1.33 bits per heavy atom. The molecule has 0 aromatic heterocycles. The molecule has 84 valence electrons. The van der Waals surface area contributed by atoms with E-state index in [2.05, 4.69) is 55.8 Å². The fourth-order valence-electron chi connectivity index (χ4n) is 1.36. The molecule has 15 heavy (non-hydrogen) atoms. The molecule has 0 saturated carbocycles. The van der Waals surface area contributed by atoms with Crippen LogP contribution in [0.3, 0.4) is 0 Å². The van der Waals surface area contributed by atoms with Crippen molar-refractivity contribution in [2.75, 3.05) is 37.5 Å². The van der Waals surface area contributed by atoms with Gasteiger partial charge in [0.2, 0.25) is 0 Å². The molecule has 1 aromatic carbocycles. The molecule has 0 fully saturated rings. The zero-order valence-corrected chi connectivity index (χ0v) is 10.3. The summed E-state index contributed by atoms with van der Waals surface area (Å²) >= 11 is 4.09. The summed E-state index contributed by atoms with van der Waals surface area (Å²) in [4.78, 5) is 2.20. The number of nitrogens with zero attached hydrogens (tertiary/aromatic N) is 1. The molecule has 2 nitrogen and oxygen atoms in total. The highest BCUT2D eigenvalue weighted by atomic mass is 32.1. The number of ether oxygens (including phenoxy) is 1. The SMILES string of the molecule is Cc1cccc(N(C)CCOCCS)c1. The summed E-state index contributed by atoms with van der Waals surface area (Å²) in [5, 5.41) is 0. The number of likely N-dealkylation sites (N-methyl/N-ethyl adjacent to an activating group) is 1. The third kappa shape index (κ3) is 4.58. The average Bonchev–Trinajstić information content (AvgIpc) is 2.24. The highest BCUT2D eigenvalue weighted by Crippen LogP contribution is 2.13. The van der Waals surface area contributed by atoms with Crippen molar-refractivity contribution in [3.63, 3.8) is 0 Å². The molecule has 0 bridgehead atoms. The number of thiol groups is 1. The first-order chi connectivity index (χ1) is 7.24. The molecule has 1 rings (SSSR count). The van der Waals surface area contributed by atoms with Crippen LogP contribution in [0.2, 0.25) is 0 Å². The van der Waals surface area contributed by atoms with Crippen LogP contribution in [-0.2, 0) is 4.74 Å². The van der Waals surface area contributed by atoms with Crippen molar-refractivity contribution in [2.24, 2.45) is 0 Å². The van der Waals surface area contributed by atoms with Crippen molar-refractivity contribution in [2.45, 2.75) is 6.92 Å². The van der Waals surface area contributed by atoms with Crippen molar-refractivity contribution in [3.05, 3.63) is 29.8 Å². The molecule has 0 saturated heterocycles. The van der Waals surface area contributed by atoms with Gasteiger partial charge in [-0.2, -0.15) is 12.6 Å². The van der Waals surface area contributed by atoms with Gasteiger partial charge in [-0.05, 0) is 24.6 Å². The van der Waals surface area contributed by atoms with E-state index in [1.54, 1.807) is 0 Å². The van der Waals surface area contributed by atoms with Gasteiger partial charge in [0.15, 0.2) is 0 Å². The van der Waals surface area contributed by atoms with E-state index in [-0.39, 0.29) is 0 Å². The summed E-state index contributed by atoms with van der Waals surface area (Å²) in [6.07, 6.45) is 0. The van der Waals surface area contributed by atoms with Crippen LogP contribution in [0.15, 0.2) is 24.3 Å². The van der Waals surface area contributed by atoms with Crippen LogP contribution in [0, 0.1) is 6.92 Å². The minimum Gasteiger partial charge on any atom is -0.379 e. The maximum absolute atomic E-state index is 5.39. The van der Waals surface area contributed by atoms with Gasteiger partial charge in [-0.1, -0.05) is 12.1 Å². The first-order valence-electron chi connectivity index (χ1n) is 5.20. The quantitative estimate of drug-likeness (QED) is 0.589. The third-order valence-electron chi connectivity index (χ3n) is 2.25. The molecular weight excluding hydrogens is 206 g/mol. The van der Waals surface area contributed by atoms with Crippen LogP contribution in [0.5, 0.6) is 0 Å². The van der Waals surface area contributed by atoms with Crippen LogP contribution in [0.4, 0.5) is 5.69 Å². The Kier molecular flexibility index (Phi) is 5.58. The normalized spacial score (nSPS) is 10.3. The van der Waals surface area contributed by atoms with Gasteiger partial charge in [-0.3, -0.25) is 0 Å². The molecular formula is C12H19NOS. The molecule has 0 radical (unpaired) electrons. The number of aryl methyl sites for hydroxylation is 1. The Bertz CT molecular complexity index is 291. The molecule has 1 aromatic rings. The molecule has 3 heteroatoms. The fourth-order valence-corrected chi connectivity index (χ4v) is 1.49. The van der Waals surface area contributed by atoms with Gasteiger partial charge in [-0.25, -0.2) is 0 Å². The lowest BCUT2D eigenvalue weighted by Crippen LogP contribution is -2.22. The van der Waals surface area contributed by atoms with Gasteiger partial charge in [-0.15, -0.1) is 0 Å². The molecule has 0 unspecified atom stereocenters. The van der Waals surface area contributed by atoms with Gasteiger partial charge in [0.1, 0.15) is 0 Å². The minimum absolute atomic E-state index is 0.727. The molecule has 0 heterocycles. The van der Waals surface area contributed by atoms with E-state index in [0.717, 1.165) is 25.5 Å². The molecule has 0 aliphatic heterocycles. The number of benzene rings is 1. The van der Waals surface area contributed by atoms with Crippen LogP contribution in [0.25, 0.3) is 0 Å². The van der Waals surface area contributed by atoms with Crippen molar-refractivity contribution in [1.29, 1.82) is 0 Å². The topological polar surface area (TPSA) is 12.5 Å². The van der Waals surface area contributed by atoms with E-state index < -0.39 is 0 Å². The summed E-state index contributed by atoms with van der Waals surface area (Å²) in [6, 6.07) is 8.48. The maximum Gasteiger partial charge on any atom is 0.0641 e. The second-order valence-corrected chi connectivity index (χ2v) is 4.04. The summed E-state index contributed by atoms with van der Waals surface area (Å²) in [6.45, 7) is 4.50. The lowest BCUT2D eigenvalue weighted by atomic mass is 10.2. The van der Waals surface area contributed by atoms with Crippen LogP contribution in [0.1, 0.15) is 5.56 Å². The monoisotopic (exact) mass is 225 g/mol. The van der Waals surface area contributed by atoms with E-state index in [1.807, 2.05) is 0 Å².